The first-order valence-electron chi connectivity index (χ1n) is 6.48. The average molecular weight is 258 g/mol. The molecule has 0 aromatic heterocycles. The minimum absolute atomic E-state index is 0.0372. The van der Waals surface area contributed by atoms with E-state index in [1.165, 1.54) is 0 Å². The standard InChI is InChI=1S/C14H30N2O2/c1-12(2,3)10(14(7,8)15-9)16-11(17)18-13(4,5)6/h10,15H,1-9H3,(H,16,17). The lowest BCUT2D eigenvalue weighted by atomic mass is 9.76. The van der Waals surface area contributed by atoms with E-state index in [0.717, 1.165) is 0 Å². The van der Waals surface area contributed by atoms with E-state index >= 15 is 0 Å². The lowest BCUT2D eigenvalue weighted by molar-refractivity contribution is 0.0402. The predicted molar refractivity (Wildman–Crippen MR) is 75.8 cm³/mol. The Morgan fingerprint density at radius 1 is 1.00 bits per heavy atom. The minimum atomic E-state index is -0.476. The van der Waals surface area contributed by atoms with Crippen LogP contribution in [0.15, 0.2) is 0 Å². The molecule has 4 nitrogen and oxygen atoms in total. The number of nitrogens with one attached hydrogen (secondary N) is 2. The van der Waals surface area contributed by atoms with Crippen molar-refractivity contribution in [3.8, 4) is 0 Å². The van der Waals surface area contributed by atoms with Crippen LogP contribution in [0.5, 0.6) is 0 Å². The summed E-state index contributed by atoms with van der Waals surface area (Å²) < 4.78 is 5.33. The molecule has 0 aromatic rings. The number of likely N-dealkylation sites (N-methyl/N-ethyl adjacent to an activating group) is 1. The third kappa shape index (κ3) is 5.71. The Morgan fingerprint density at radius 3 is 1.72 bits per heavy atom. The zero-order chi connectivity index (χ0) is 14.8. The zero-order valence-corrected chi connectivity index (χ0v) is 13.4. The Morgan fingerprint density at radius 2 is 1.44 bits per heavy atom. The van der Waals surface area contributed by atoms with Gasteiger partial charge in [-0.2, -0.15) is 0 Å². The maximum atomic E-state index is 11.9. The van der Waals surface area contributed by atoms with Crippen LogP contribution in [-0.4, -0.2) is 30.3 Å². The molecule has 0 radical (unpaired) electrons. The lowest BCUT2D eigenvalue weighted by Gasteiger charge is -2.43. The average Bonchev–Trinajstić information content (AvgIpc) is 2.09. The number of alkyl carbamates (subject to hydrolysis) is 1. The van der Waals surface area contributed by atoms with Gasteiger partial charge < -0.3 is 15.4 Å². The van der Waals surface area contributed by atoms with Crippen molar-refractivity contribution in [2.24, 2.45) is 5.41 Å². The molecule has 1 unspecified atom stereocenters. The van der Waals surface area contributed by atoms with Crippen LogP contribution in [0.2, 0.25) is 0 Å². The fourth-order valence-electron chi connectivity index (χ4n) is 2.05. The highest BCUT2D eigenvalue weighted by atomic mass is 16.6. The molecule has 1 atom stereocenters. The normalized spacial score (nSPS) is 15.2. The zero-order valence-electron chi connectivity index (χ0n) is 13.4. The van der Waals surface area contributed by atoms with Crippen molar-refractivity contribution >= 4 is 6.09 Å². The lowest BCUT2D eigenvalue weighted by Crippen LogP contribution is -2.62. The van der Waals surface area contributed by atoms with Gasteiger partial charge in [-0.1, -0.05) is 20.8 Å². The van der Waals surface area contributed by atoms with Crippen LogP contribution in [0.25, 0.3) is 0 Å². The first kappa shape index (κ1) is 17.2. The topological polar surface area (TPSA) is 50.4 Å². The number of hydrogen-bond acceptors (Lipinski definition) is 3. The fourth-order valence-corrected chi connectivity index (χ4v) is 2.05. The molecule has 0 fully saturated rings. The van der Waals surface area contributed by atoms with E-state index < -0.39 is 5.60 Å². The van der Waals surface area contributed by atoms with Crippen molar-refractivity contribution < 1.29 is 9.53 Å². The highest BCUT2D eigenvalue weighted by molar-refractivity contribution is 5.68. The van der Waals surface area contributed by atoms with E-state index in [4.69, 9.17) is 4.74 Å². The number of hydrogen-bond donors (Lipinski definition) is 2. The Hall–Kier alpha value is -0.770. The van der Waals surface area contributed by atoms with Gasteiger partial charge in [0.15, 0.2) is 0 Å². The van der Waals surface area contributed by atoms with Gasteiger partial charge in [-0.05, 0) is 47.1 Å². The summed E-state index contributed by atoms with van der Waals surface area (Å²) >= 11 is 0. The predicted octanol–water partition coefficient (Wildman–Crippen LogP) is 2.92. The van der Waals surface area contributed by atoms with Gasteiger partial charge in [0.1, 0.15) is 5.60 Å². The second-order valence-corrected chi connectivity index (χ2v) is 7.42. The number of rotatable bonds is 3. The van der Waals surface area contributed by atoms with Crippen LogP contribution < -0.4 is 10.6 Å². The molecular formula is C14H30N2O2. The van der Waals surface area contributed by atoms with Gasteiger partial charge >= 0.3 is 6.09 Å². The third-order valence-corrected chi connectivity index (χ3v) is 2.89. The fraction of sp³-hybridized carbons (Fsp3) is 0.929. The number of ether oxygens (including phenoxy) is 1. The van der Waals surface area contributed by atoms with Gasteiger partial charge in [0.2, 0.25) is 0 Å². The van der Waals surface area contributed by atoms with Gasteiger partial charge in [0.25, 0.3) is 0 Å². The Balaban J connectivity index is 4.89. The molecule has 0 aromatic carbocycles. The van der Waals surface area contributed by atoms with Gasteiger partial charge in [0.05, 0.1) is 6.04 Å². The van der Waals surface area contributed by atoms with Crippen molar-refractivity contribution in [1.29, 1.82) is 0 Å². The van der Waals surface area contributed by atoms with Crippen LogP contribution in [0.1, 0.15) is 55.4 Å². The minimum Gasteiger partial charge on any atom is -0.444 e. The molecule has 2 N–H and O–H groups in total. The third-order valence-electron chi connectivity index (χ3n) is 2.89. The number of amides is 1. The van der Waals surface area contributed by atoms with E-state index in [1.54, 1.807) is 0 Å². The molecule has 4 heteroatoms. The SMILES string of the molecule is CNC(C)(C)C(NC(=O)OC(C)(C)C)C(C)(C)C. The summed E-state index contributed by atoms with van der Waals surface area (Å²) in [5.74, 6) is 0. The highest BCUT2D eigenvalue weighted by Crippen LogP contribution is 2.28. The summed E-state index contributed by atoms with van der Waals surface area (Å²) in [7, 11) is 1.90. The van der Waals surface area contributed by atoms with Crippen LogP contribution in [0.4, 0.5) is 4.79 Å². The maximum Gasteiger partial charge on any atom is 0.407 e. The van der Waals surface area contributed by atoms with Crippen molar-refractivity contribution in [3.05, 3.63) is 0 Å². The van der Waals surface area contributed by atoms with Crippen LogP contribution in [-0.2, 0) is 4.74 Å². The molecule has 0 aliphatic heterocycles. The van der Waals surface area contributed by atoms with E-state index in [1.807, 2.05) is 27.8 Å². The maximum absolute atomic E-state index is 11.9. The first-order valence-corrected chi connectivity index (χ1v) is 6.48. The van der Waals surface area contributed by atoms with Gasteiger partial charge in [-0.3, -0.25) is 0 Å². The molecule has 0 rings (SSSR count). The van der Waals surface area contributed by atoms with Crippen molar-refractivity contribution in [3.63, 3.8) is 0 Å². The summed E-state index contributed by atoms with van der Waals surface area (Å²) in [6.45, 7) is 16.0. The smallest absolute Gasteiger partial charge is 0.407 e. The van der Waals surface area contributed by atoms with Gasteiger partial charge in [-0.25, -0.2) is 4.79 Å². The summed E-state index contributed by atoms with van der Waals surface area (Å²) in [5, 5.41) is 6.23. The summed E-state index contributed by atoms with van der Waals surface area (Å²) in [5.41, 5.74) is -0.755. The number of carbonyl (C=O) groups excluding carboxylic acids is 1. The second-order valence-electron chi connectivity index (χ2n) is 7.42. The quantitative estimate of drug-likeness (QED) is 0.818. The Bertz CT molecular complexity index is 285. The second kappa shape index (κ2) is 5.47. The molecule has 108 valence electrons. The summed E-state index contributed by atoms with van der Waals surface area (Å²) in [4.78, 5) is 11.9. The molecule has 0 saturated heterocycles. The molecule has 0 aliphatic carbocycles. The molecule has 18 heavy (non-hydrogen) atoms. The van der Waals surface area contributed by atoms with E-state index in [0.29, 0.717) is 0 Å². The summed E-state index contributed by atoms with van der Waals surface area (Å²) in [6.07, 6.45) is -0.370. The Kier molecular flexibility index (Phi) is 5.24. The Labute approximate surface area is 112 Å². The van der Waals surface area contributed by atoms with Crippen molar-refractivity contribution in [2.45, 2.75) is 72.6 Å². The van der Waals surface area contributed by atoms with E-state index in [-0.39, 0.29) is 23.1 Å². The van der Waals surface area contributed by atoms with Gasteiger partial charge in [-0.15, -0.1) is 0 Å². The van der Waals surface area contributed by atoms with Gasteiger partial charge in [0, 0.05) is 5.54 Å². The molecule has 0 aliphatic rings. The van der Waals surface area contributed by atoms with Crippen LogP contribution >= 0.6 is 0 Å². The van der Waals surface area contributed by atoms with Crippen molar-refractivity contribution in [2.75, 3.05) is 7.05 Å². The summed E-state index contributed by atoms with van der Waals surface area (Å²) in [6, 6.07) is -0.0372. The number of carbonyl (C=O) groups is 1. The van der Waals surface area contributed by atoms with E-state index in [9.17, 15) is 4.79 Å². The largest absolute Gasteiger partial charge is 0.444 e. The van der Waals surface area contributed by atoms with Crippen molar-refractivity contribution in [1.82, 2.24) is 10.6 Å². The highest BCUT2D eigenvalue weighted by Gasteiger charge is 2.39. The molecule has 0 bridgehead atoms. The van der Waals surface area contributed by atoms with E-state index in [2.05, 4.69) is 45.3 Å². The molecular weight excluding hydrogens is 228 g/mol. The monoisotopic (exact) mass is 258 g/mol. The first-order chi connectivity index (χ1) is 7.79. The molecule has 0 heterocycles. The molecule has 0 saturated carbocycles. The molecule has 0 spiro atoms. The molecule has 1 amide bonds. The van der Waals surface area contributed by atoms with Crippen LogP contribution in [0.3, 0.4) is 0 Å². The van der Waals surface area contributed by atoms with Crippen LogP contribution in [0, 0.1) is 5.41 Å².